The van der Waals surface area contributed by atoms with Gasteiger partial charge < -0.3 is 10.4 Å². The maximum Gasteiger partial charge on any atom is 0.191 e. The van der Waals surface area contributed by atoms with Crippen molar-refractivity contribution < 1.29 is 5.11 Å². The van der Waals surface area contributed by atoms with Gasteiger partial charge in [0.1, 0.15) is 5.75 Å². The van der Waals surface area contributed by atoms with E-state index in [0.717, 1.165) is 11.3 Å². The molecule has 3 N–H and O–H groups in total. The summed E-state index contributed by atoms with van der Waals surface area (Å²) in [5, 5.41) is 16.8. The fraction of sp³-hybridized carbons (Fsp3) is 0. The molecule has 0 unspecified atom stereocenters. The standard InChI is InChI=1S/C14H12BrN3OS/c15-12-8-10(6-7-13(12)19)9-16-18-14(20)17-11-4-2-1-3-5-11/h1-9,19H,(H2,17,18,20)/b16-9+. The van der Waals surface area contributed by atoms with Crippen LogP contribution in [-0.4, -0.2) is 16.4 Å². The van der Waals surface area contributed by atoms with Crippen molar-refractivity contribution in [1.29, 1.82) is 0 Å². The van der Waals surface area contributed by atoms with E-state index in [1.807, 2.05) is 30.3 Å². The maximum atomic E-state index is 9.38. The number of para-hydroxylation sites is 1. The molecule has 0 spiro atoms. The zero-order chi connectivity index (χ0) is 14.4. The van der Waals surface area contributed by atoms with Crippen LogP contribution in [0.25, 0.3) is 0 Å². The molecule has 20 heavy (non-hydrogen) atoms. The third-order valence-corrected chi connectivity index (χ3v) is 3.21. The van der Waals surface area contributed by atoms with Crippen LogP contribution in [0, 0.1) is 0 Å². The Morgan fingerprint density at radius 3 is 2.65 bits per heavy atom. The van der Waals surface area contributed by atoms with Crippen LogP contribution in [0.15, 0.2) is 58.1 Å². The minimum atomic E-state index is 0.191. The van der Waals surface area contributed by atoms with Gasteiger partial charge in [0.05, 0.1) is 10.7 Å². The SMILES string of the molecule is Oc1ccc(/C=N/NC(=S)Nc2ccccc2)cc1Br. The lowest BCUT2D eigenvalue weighted by Crippen LogP contribution is -2.23. The first-order valence-electron chi connectivity index (χ1n) is 5.79. The molecule has 0 amide bonds. The first kappa shape index (κ1) is 14.5. The number of hydrazone groups is 1. The summed E-state index contributed by atoms with van der Waals surface area (Å²) in [6, 6.07) is 14.7. The Morgan fingerprint density at radius 1 is 1.20 bits per heavy atom. The van der Waals surface area contributed by atoms with Crippen molar-refractivity contribution in [2.75, 3.05) is 5.32 Å². The lowest BCUT2D eigenvalue weighted by molar-refractivity contribution is 0.472. The Bertz CT molecular complexity index is 632. The van der Waals surface area contributed by atoms with Gasteiger partial charge in [0.2, 0.25) is 0 Å². The molecule has 6 heteroatoms. The molecule has 4 nitrogen and oxygen atoms in total. The van der Waals surface area contributed by atoms with Crippen molar-refractivity contribution in [1.82, 2.24) is 5.43 Å². The minimum Gasteiger partial charge on any atom is -0.507 e. The molecule has 0 aromatic heterocycles. The Balaban J connectivity index is 1.89. The lowest BCUT2D eigenvalue weighted by Gasteiger charge is -2.06. The zero-order valence-corrected chi connectivity index (χ0v) is 12.8. The number of rotatable bonds is 3. The molecule has 2 rings (SSSR count). The first-order valence-corrected chi connectivity index (χ1v) is 6.99. The largest absolute Gasteiger partial charge is 0.507 e. The average Bonchev–Trinajstić information content (AvgIpc) is 2.44. The molecular formula is C14H12BrN3OS. The molecule has 0 saturated heterocycles. The average molecular weight is 350 g/mol. The molecule has 0 bridgehead atoms. The van der Waals surface area contributed by atoms with Crippen molar-refractivity contribution >= 4 is 45.2 Å². The van der Waals surface area contributed by atoms with Gasteiger partial charge in [0, 0.05) is 5.69 Å². The minimum absolute atomic E-state index is 0.191. The molecule has 0 fully saturated rings. The van der Waals surface area contributed by atoms with Crippen LogP contribution in [0.2, 0.25) is 0 Å². The van der Waals surface area contributed by atoms with Crippen molar-refractivity contribution in [3.05, 3.63) is 58.6 Å². The van der Waals surface area contributed by atoms with Gasteiger partial charge in [-0.05, 0) is 64.0 Å². The highest BCUT2D eigenvalue weighted by Crippen LogP contribution is 2.23. The van der Waals surface area contributed by atoms with E-state index in [1.54, 1.807) is 24.4 Å². The van der Waals surface area contributed by atoms with E-state index in [0.29, 0.717) is 9.59 Å². The Hall–Kier alpha value is -1.92. The van der Waals surface area contributed by atoms with Crippen LogP contribution in [0.5, 0.6) is 5.75 Å². The molecule has 0 aliphatic rings. The van der Waals surface area contributed by atoms with E-state index < -0.39 is 0 Å². The number of hydrogen-bond acceptors (Lipinski definition) is 3. The fourth-order valence-electron chi connectivity index (χ4n) is 1.45. The maximum absolute atomic E-state index is 9.38. The zero-order valence-electron chi connectivity index (χ0n) is 10.4. The predicted molar refractivity (Wildman–Crippen MR) is 89.2 cm³/mol. The highest BCUT2D eigenvalue weighted by atomic mass is 79.9. The second kappa shape index (κ2) is 7.02. The number of phenolic OH excluding ortho intramolecular Hbond substituents is 1. The van der Waals surface area contributed by atoms with Gasteiger partial charge in [0.25, 0.3) is 0 Å². The van der Waals surface area contributed by atoms with Gasteiger partial charge in [-0.25, -0.2) is 0 Å². The smallest absolute Gasteiger partial charge is 0.191 e. The van der Waals surface area contributed by atoms with E-state index in [1.165, 1.54) is 0 Å². The van der Waals surface area contributed by atoms with Crippen molar-refractivity contribution in [2.45, 2.75) is 0 Å². The highest BCUT2D eigenvalue weighted by Gasteiger charge is 1.98. The quantitative estimate of drug-likeness (QED) is 0.451. The predicted octanol–water partition coefficient (Wildman–Crippen LogP) is 3.48. The summed E-state index contributed by atoms with van der Waals surface area (Å²) in [4.78, 5) is 0. The summed E-state index contributed by atoms with van der Waals surface area (Å²) in [7, 11) is 0. The first-order chi connectivity index (χ1) is 9.65. The molecule has 102 valence electrons. The number of aromatic hydroxyl groups is 1. The number of benzene rings is 2. The van der Waals surface area contributed by atoms with Crippen LogP contribution in [0.4, 0.5) is 5.69 Å². The van der Waals surface area contributed by atoms with Crippen LogP contribution in [-0.2, 0) is 0 Å². The van der Waals surface area contributed by atoms with E-state index in [2.05, 4.69) is 31.8 Å². The Morgan fingerprint density at radius 2 is 1.95 bits per heavy atom. The fourth-order valence-corrected chi connectivity index (χ4v) is 2.02. The number of anilines is 1. The van der Waals surface area contributed by atoms with Crippen LogP contribution in [0.1, 0.15) is 5.56 Å². The second-order valence-corrected chi connectivity index (χ2v) is 5.16. The van der Waals surface area contributed by atoms with Gasteiger partial charge in [-0.2, -0.15) is 5.10 Å². The third-order valence-electron chi connectivity index (χ3n) is 2.38. The van der Waals surface area contributed by atoms with Crippen molar-refractivity contribution in [3.63, 3.8) is 0 Å². The van der Waals surface area contributed by atoms with E-state index in [-0.39, 0.29) is 5.75 Å². The summed E-state index contributed by atoms with van der Waals surface area (Å²) in [6.07, 6.45) is 1.61. The lowest BCUT2D eigenvalue weighted by atomic mass is 10.2. The van der Waals surface area contributed by atoms with Crippen LogP contribution in [0.3, 0.4) is 0 Å². The molecule has 0 saturated carbocycles. The normalized spacial score (nSPS) is 10.4. The van der Waals surface area contributed by atoms with Gasteiger partial charge >= 0.3 is 0 Å². The van der Waals surface area contributed by atoms with Crippen molar-refractivity contribution in [3.8, 4) is 5.75 Å². The highest BCUT2D eigenvalue weighted by molar-refractivity contribution is 9.10. The third kappa shape index (κ3) is 4.32. The van der Waals surface area contributed by atoms with Crippen LogP contribution >= 0.6 is 28.1 Å². The van der Waals surface area contributed by atoms with Crippen LogP contribution < -0.4 is 10.7 Å². The number of nitrogens with zero attached hydrogens (tertiary/aromatic N) is 1. The van der Waals surface area contributed by atoms with E-state index in [9.17, 15) is 5.11 Å². The Labute approximate surface area is 130 Å². The van der Waals surface area contributed by atoms with Gasteiger partial charge in [-0.15, -0.1) is 0 Å². The molecule has 0 heterocycles. The van der Waals surface area contributed by atoms with E-state index >= 15 is 0 Å². The van der Waals surface area contributed by atoms with Crippen molar-refractivity contribution in [2.24, 2.45) is 5.10 Å². The summed E-state index contributed by atoms with van der Waals surface area (Å²) < 4.78 is 0.617. The number of nitrogens with one attached hydrogen (secondary N) is 2. The summed E-state index contributed by atoms with van der Waals surface area (Å²) >= 11 is 8.35. The molecule has 2 aromatic rings. The van der Waals surface area contributed by atoms with Gasteiger partial charge in [-0.1, -0.05) is 18.2 Å². The summed E-state index contributed by atoms with van der Waals surface area (Å²) in [5.74, 6) is 0.191. The molecule has 0 aliphatic carbocycles. The number of thiocarbonyl (C=S) groups is 1. The van der Waals surface area contributed by atoms with Gasteiger partial charge in [0.15, 0.2) is 5.11 Å². The topological polar surface area (TPSA) is 56.7 Å². The number of hydrogen-bond donors (Lipinski definition) is 3. The molecule has 2 aromatic carbocycles. The van der Waals surface area contributed by atoms with E-state index in [4.69, 9.17) is 12.2 Å². The molecular weight excluding hydrogens is 338 g/mol. The summed E-state index contributed by atoms with van der Waals surface area (Å²) in [6.45, 7) is 0. The summed E-state index contributed by atoms with van der Waals surface area (Å²) in [5.41, 5.74) is 4.46. The van der Waals surface area contributed by atoms with Gasteiger partial charge in [-0.3, -0.25) is 5.43 Å². The molecule has 0 aliphatic heterocycles. The number of phenols is 1. The number of halogens is 1. The second-order valence-electron chi connectivity index (χ2n) is 3.90. The Kier molecular flexibility index (Phi) is 5.09. The molecule has 0 atom stereocenters. The molecule has 0 radical (unpaired) electrons. The monoisotopic (exact) mass is 349 g/mol.